The highest BCUT2D eigenvalue weighted by atomic mass is 14.0. The first-order chi connectivity index (χ1) is 9.91. The highest BCUT2D eigenvalue weighted by Gasteiger charge is 1.91. The van der Waals surface area contributed by atoms with Crippen molar-refractivity contribution in [2.75, 3.05) is 0 Å². The van der Waals surface area contributed by atoms with Crippen molar-refractivity contribution in [1.82, 2.24) is 0 Å². The van der Waals surface area contributed by atoms with Crippen LogP contribution in [0.5, 0.6) is 0 Å². The molecule has 0 unspecified atom stereocenters. The molecule has 0 aliphatic rings. The van der Waals surface area contributed by atoms with Gasteiger partial charge in [0, 0.05) is 0 Å². The van der Waals surface area contributed by atoms with E-state index in [4.69, 9.17) is 6.58 Å². The summed E-state index contributed by atoms with van der Waals surface area (Å²) in [4.78, 5) is 0. The molecule has 0 amide bonds. The van der Waals surface area contributed by atoms with E-state index >= 15 is 0 Å². The van der Waals surface area contributed by atoms with Gasteiger partial charge in [0.15, 0.2) is 0 Å². The van der Waals surface area contributed by atoms with Gasteiger partial charge in [-0.25, -0.2) is 0 Å². The summed E-state index contributed by atoms with van der Waals surface area (Å²) in [7, 11) is 0. The lowest BCUT2D eigenvalue weighted by atomic mass is 10.1. The van der Waals surface area contributed by atoms with Crippen LogP contribution in [0.15, 0.2) is 42.5 Å². The van der Waals surface area contributed by atoms with Gasteiger partial charge in [-0.05, 0) is 12.8 Å². The van der Waals surface area contributed by atoms with Gasteiger partial charge in [0.2, 0.25) is 0 Å². The molecule has 113 valence electrons. The molecular formula is C20H33. The van der Waals surface area contributed by atoms with E-state index in [1.54, 1.807) is 0 Å². The molecule has 0 fully saturated rings. The van der Waals surface area contributed by atoms with Crippen molar-refractivity contribution in [3.63, 3.8) is 0 Å². The van der Waals surface area contributed by atoms with Gasteiger partial charge in [-0.1, -0.05) is 114 Å². The fraction of sp³-hybridized carbons (Fsp3) is 0.600. The minimum atomic E-state index is 1.20. The quantitative estimate of drug-likeness (QED) is 0.237. The van der Waals surface area contributed by atoms with Crippen LogP contribution in [0.3, 0.4) is 0 Å². The maximum Gasteiger partial charge on any atom is -0.0348 e. The first-order valence-electron chi connectivity index (χ1n) is 8.45. The van der Waals surface area contributed by atoms with E-state index in [1.165, 1.54) is 76.7 Å². The monoisotopic (exact) mass is 273 g/mol. The summed E-state index contributed by atoms with van der Waals surface area (Å²) in [6, 6.07) is 0. The summed E-state index contributed by atoms with van der Waals surface area (Å²) in [5.74, 6) is 0. The molecule has 20 heavy (non-hydrogen) atoms. The Bertz CT molecular complexity index is 268. The lowest BCUT2D eigenvalue weighted by molar-refractivity contribution is 0.557. The number of allylic oxidation sites excluding steroid dienone is 7. The Balaban J connectivity index is 3.16. The molecule has 0 atom stereocenters. The standard InChI is InChI=1S/C20H33/c1-3-5-7-9-11-13-15-17-19-20-18-16-14-12-10-8-6-4-2/h1,3,5,7,9,11,13,15H,4,6,8,10,12,14,16-20H2,2H3/b3-1?,7-5-,11-9?,15-13?. The van der Waals surface area contributed by atoms with E-state index in [0.717, 1.165) is 0 Å². The normalized spacial score (nSPS) is 12.1. The molecule has 0 bridgehead atoms. The van der Waals surface area contributed by atoms with E-state index in [2.05, 4.69) is 25.2 Å². The SMILES string of the molecule is [CH]=C/C=C\C=CC=CCCCCCCCCCCCC. The van der Waals surface area contributed by atoms with Crippen LogP contribution in [0.4, 0.5) is 0 Å². The third kappa shape index (κ3) is 17.0. The molecule has 0 aromatic carbocycles. The van der Waals surface area contributed by atoms with Gasteiger partial charge in [0.05, 0.1) is 0 Å². The Morgan fingerprint density at radius 1 is 0.600 bits per heavy atom. The average Bonchev–Trinajstić information content (AvgIpc) is 2.47. The minimum absolute atomic E-state index is 1.20. The number of hydrogen-bond acceptors (Lipinski definition) is 0. The van der Waals surface area contributed by atoms with Gasteiger partial charge >= 0.3 is 0 Å². The predicted molar refractivity (Wildman–Crippen MR) is 92.8 cm³/mol. The second kappa shape index (κ2) is 18.0. The Kier molecular flexibility index (Phi) is 17.0. The van der Waals surface area contributed by atoms with E-state index < -0.39 is 0 Å². The van der Waals surface area contributed by atoms with Crippen LogP contribution in [0, 0.1) is 6.58 Å². The number of hydrogen-bond donors (Lipinski definition) is 0. The Morgan fingerprint density at radius 2 is 1.10 bits per heavy atom. The van der Waals surface area contributed by atoms with Crippen LogP contribution < -0.4 is 0 Å². The molecule has 0 aliphatic carbocycles. The molecule has 0 aliphatic heterocycles. The van der Waals surface area contributed by atoms with Crippen LogP contribution in [-0.4, -0.2) is 0 Å². The molecule has 0 nitrogen and oxygen atoms in total. The molecular weight excluding hydrogens is 240 g/mol. The fourth-order valence-electron chi connectivity index (χ4n) is 2.18. The van der Waals surface area contributed by atoms with Gasteiger partial charge < -0.3 is 0 Å². The van der Waals surface area contributed by atoms with Crippen LogP contribution in [0.1, 0.15) is 77.6 Å². The summed E-state index contributed by atoms with van der Waals surface area (Å²) in [5, 5.41) is 0. The third-order valence-corrected chi connectivity index (χ3v) is 3.42. The summed E-state index contributed by atoms with van der Waals surface area (Å²) >= 11 is 0. The Labute approximate surface area is 127 Å². The van der Waals surface area contributed by atoms with Gasteiger partial charge in [0.1, 0.15) is 0 Å². The zero-order chi connectivity index (χ0) is 14.7. The Morgan fingerprint density at radius 3 is 1.70 bits per heavy atom. The first-order valence-corrected chi connectivity index (χ1v) is 8.45. The van der Waals surface area contributed by atoms with E-state index in [9.17, 15) is 0 Å². The highest BCUT2D eigenvalue weighted by molar-refractivity contribution is 5.13. The number of rotatable bonds is 14. The average molecular weight is 273 g/mol. The molecule has 0 heterocycles. The second-order valence-electron chi connectivity index (χ2n) is 5.36. The molecule has 0 aromatic heterocycles. The minimum Gasteiger partial charge on any atom is -0.0845 e. The summed E-state index contributed by atoms with van der Waals surface area (Å²) in [6.07, 6.45) is 29.0. The smallest absolute Gasteiger partial charge is 0.0348 e. The van der Waals surface area contributed by atoms with E-state index in [-0.39, 0.29) is 0 Å². The van der Waals surface area contributed by atoms with Crippen molar-refractivity contribution < 1.29 is 0 Å². The molecule has 0 heteroatoms. The van der Waals surface area contributed by atoms with Crippen LogP contribution in [0.2, 0.25) is 0 Å². The predicted octanol–water partition coefficient (Wildman–Crippen LogP) is 6.96. The van der Waals surface area contributed by atoms with Crippen LogP contribution in [-0.2, 0) is 0 Å². The third-order valence-electron chi connectivity index (χ3n) is 3.42. The van der Waals surface area contributed by atoms with Crippen molar-refractivity contribution in [3.8, 4) is 0 Å². The largest absolute Gasteiger partial charge is 0.0845 e. The number of unbranched alkanes of at least 4 members (excludes halogenated alkanes) is 10. The molecule has 0 spiro atoms. The molecule has 0 saturated heterocycles. The molecule has 0 saturated carbocycles. The van der Waals surface area contributed by atoms with Gasteiger partial charge in [-0.3, -0.25) is 0 Å². The molecule has 0 rings (SSSR count). The lowest BCUT2D eigenvalue weighted by Crippen LogP contribution is -1.81. The zero-order valence-electron chi connectivity index (χ0n) is 13.4. The maximum atomic E-state index is 5.23. The molecule has 0 N–H and O–H groups in total. The summed E-state index contributed by atoms with van der Waals surface area (Å²) in [5.41, 5.74) is 0. The van der Waals surface area contributed by atoms with Crippen LogP contribution in [0.25, 0.3) is 0 Å². The molecule has 1 radical (unpaired) electrons. The molecule has 0 aromatic rings. The van der Waals surface area contributed by atoms with E-state index in [0.29, 0.717) is 0 Å². The van der Waals surface area contributed by atoms with Crippen LogP contribution >= 0.6 is 0 Å². The topological polar surface area (TPSA) is 0 Å². The first kappa shape index (κ1) is 19.0. The van der Waals surface area contributed by atoms with E-state index in [1.807, 2.05) is 18.2 Å². The van der Waals surface area contributed by atoms with Crippen molar-refractivity contribution in [3.05, 3.63) is 49.1 Å². The van der Waals surface area contributed by atoms with Crippen molar-refractivity contribution in [2.45, 2.75) is 77.6 Å². The maximum absolute atomic E-state index is 5.23. The lowest BCUT2D eigenvalue weighted by Gasteiger charge is -2.01. The van der Waals surface area contributed by atoms with Gasteiger partial charge in [-0.2, -0.15) is 0 Å². The van der Waals surface area contributed by atoms with Crippen molar-refractivity contribution in [2.24, 2.45) is 0 Å². The van der Waals surface area contributed by atoms with Gasteiger partial charge in [-0.15, -0.1) is 0 Å². The second-order valence-corrected chi connectivity index (χ2v) is 5.36. The Hall–Kier alpha value is -1.04. The van der Waals surface area contributed by atoms with Crippen molar-refractivity contribution in [1.29, 1.82) is 0 Å². The summed E-state index contributed by atoms with van der Waals surface area (Å²) < 4.78 is 0. The fourth-order valence-corrected chi connectivity index (χ4v) is 2.18. The summed E-state index contributed by atoms with van der Waals surface area (Å²) in [6.45, 7) is 7.50. The zero-order valence-corrected chi connectivity index (χ0v) is 13.4. The highest BCUT2D eigenvalue weighted by Crippen LogP contribution is 2.11. The van der Waals surface area contributed by atoms with Crippen molar-refractivity contribution >= 4 is 0 Å². The van der Waals surface area contributed by atoms with Gasteiger partial charge in [0.25, 0.3) is 0 Å².